The molecule has 0 aliphatic heterocycles. The van der Waals surface area contributed by atoms with Gasteiger partial charge in [0.2, 0.25) is 0 Å². The van der Waals surface area contributed by atoms with Crippen molar-refractivity contribution in [3.63, 3.8) is 0 Å². The molecule has 1 aromatic rings. The van der Waals surface area contributed by atoms with Crippen LogP contribution >= 0.6 is 0 Å². The minimum absolute atomic E-state index is 0.0256. The lowest BCUT2D eigenvalue weighted by atomic mass is 10.3. The van der Waals surface area contributed by atoms with Crippen LogP contribution < -0.4 is 15.2 Å². The molecule has 0 spiro atoms. The molecule has 1 unspecified atom stereocenters. The Hall–Kier alpha value is -1.47. The first-order valence-electron chi connectivity index (χ1n) is 5.16. The van der Waals surface area contributed by atoms with E-state index in [0.717, 1.165) is 0 Å². The maximum Gasteiger partial charge on any atom is 0.573 e. The van der Waals surface area contributed by atoms with Crippen molar-refractivity contribution in [1.82, 2.24) is 0 Å². The Morgan fingerprint density at radius 3 is 2.33 bits per heavy atom. The Bertz CT molecular complexity index is 371. The number of ether oxygens (including phenoxy) is 3. The highest BCUT2D eigenvalue weighted by Gasteiger charge is 2.32. The molecule has 18 heavy (non-hydrogen) atoms. The average Bonchev–Trinajstić information content (AvgIpc) is 2.29. The Morgan fingerprint density at radius 1 is 1.22 bits per heavy atom. The number of rotatable bonds is 6. The third-order valence-electron chi connectivity index (χ3n) is 1.98. The van der Waals surface area contributed by atoms with Crippen LogP contribution in [0.15, 0.2) is 24.3 Å². The summed E-state index contributed by atoms with van der Waals surface area (Å²) >= 11 is 0. The number of benzene rings is 1. The second-order valence-corrected chi connectivity index (χ2v) is 3.43. The number of methoxy groups -OCH3 is 1. The minimum atomic E-state index is -4.76. The van der Waals surface area contributed by atoms with Gasteiger partial charge in [-0.3, -0.25) is 0 Å². The van der Waals surface area contributed by atoms with Crippen molar-refractivity contribution in [2.45, 2.75) is 12.5 Å². The fraction of sp³-hybridized carbons (Fsp3) is 0.455. The number of halogens is 3. The molecule has 4 nitrogen and oxygen atoms in total. The van der Waals surface area contributed by atoms with Crippen LogP contribution in [0.5, 0.6) is 11.5 Å². The molecular weight excluding hydrogens is 251 g/mol. The first-order valence-corrected chi connectivity index (χ1v) is 5.16. The smallest absolute Gasteiger partial charge is 0.483 e. The first-order chi connectivity index (χ1) is 8.46. The van der Waals surface area contributed by atoms with Gasteiger partial charge in [0.05, 0.1) is 6.61 Å². The van der Waals surface area contributed by atoms with E-state index in [1.165, 1.54) is 25.3 Å². The van der Waals surface area contributed by atoms with E-state index in [0.29, 0.717) is 0 Å². The molecule has 0 aromatic heterocycles. The van der Waals surface area contributed by atoms with Gasteiger partial charge in [0.1, 0.15) is 6.10 Å². The molecule has 0 heterocycles. The number of alkyl halides is 3. The summed E-state index contributed by atoms with van der Waals surface area (Å²) in [6.45, 7) is 0.297. The van der Waals surface area contributed by atoms with E-state index in [1.807, 2.05) is 0 Å². The van der Waals surface area contributed by atoms with Crippen molar-refractivity contribution in [1.29, 1.82) is 0 Å². The van der Waals surface area contributed by atoms with Crippen LogP contribution in [0, 0.1) is 0 Å². The van der Waals surface area contributed by atoms with Gasteiger partial charge in [-0.15, -0.1) is 13.2 Å². The molecule has 1 aromatic carbocycles. The van der Waals surface area contributed by atoms with Crippen LogP contribution in [-0.4, -0.2) is 32.7 Å². The van der Waals surface area contributed by atoms with Crippen LogP contribution in [0.3, 0.4) is 0 Å². The number of para-hydroxylation sites is 2. The summed E-state index contributed by atoms with van der Waals surface area (Å²) in [7, 11) is 1.45. The van der Waals surface area contributed by atoms with Gasteiger partial charge in [0, 0.05) is 13.7 Å². The van der Waals surface area contributed by atoms with Gasteiger partial charge < -0.3 is 19.9 Å². The Morgan fingerprint density at radius 2 is 1.83 bits per heavy atom. The van der Waals surface area contributed by atoms with Gasteiger partial charge in [0.15, 0.2) is 11.5 Å². The van der Waals surface area contributed by atoms with Crippen molar-refractivity contribution in [2.75, 3.05) is 20.3 Å². The van der Waals surface area contributed by atoms with Crippen molar-refractivity contribution in [3.05, 3.63) is 24.3 Å². The SMILES string of the molecule is COCC(CN)Oc1ccccc1OC(F)(F)F. The van der Waals surface area contributed by atoms with Gasteiger partial charge in [-0.2, -0.15) is 0 Å². The zero-order valence-electron chi connectivity index (χ0n) is 9.74. The molecule has 102 valence electrons. The van der Waals surface area contributed by atoms with E-state index >= 15 is 0 Å². The van der Waals surface area contributed by atoms with Gasteiger partial charge in [0.25, 0.3) is 0 Å². The van der Waals surface area contributed by atoms with Crippen LogP contribution in [0.4, 0.5) is 13.2 Å². The molecule has 0 saturated carbocycles. The summed E-state index contributed by atoms with van der Waals surface area (Å²) in [5.74, 6) is -0.429. The van der Waals surface area contributed by atoms with Crippen molar-refractivity contribution >= 4 is 0 Å². The fourth-order valence-corrected chi connectivity index (χ4v) is 1.27. The normalized spacial score (nSPS) is 13.2. The molecule has 1 rings (SSSR count). The van der Waals surface area contributed by atoms with E-state index in [2.05, 4.69) is 4.74 Å². The third kappa shape index (κ3) is 4.80. The summed E-state index contributed by atoms with van der Waals surface area (Å²) in [6.07, 6.45) is -5.30. The first kappa shape index (κ1) is 14.6. The molecular formula is C11H14F3NO3. The maximum absolute atomic E-state index is 12.2. The number of hydrogen-bond donors (Lipinski definition) is 1. The maximum atomic E-state index is 12.2. The Kier molecular flexibility index (Phi) is 5.24. The van der Waals surface area contributed by atoms with Gasteiger partial charge in [-0.1, -0.05) is 12.1 Å². The molecule has 0 aliphatic rings. The van der Waals surface area contributed by atoms with E-state index in [9.17, 15) is 13.2 Å². The van der Waals surface area contributed by atoms with E-state index < -0.39 is 18.2 Å². The van der Waals surface area contributed by atoms with E-state index in [1.54, 1.807) is 6.07 Å². The summed E-state index contributed by atoms with van der Waals surface area (Å²) < 4.78 is 50.5. The van der Waals surface area contributed by atoms with Crippen LogP contribution in [0.25, 0.3) is 0 Å². The number of nitrogens with two attached hydrogens (primary N) is 1. The quantitative estimate of drug-likeness (QED) is 0.854. The van der Waals surface area contributed by atoms with Crippen LogP contribution in [0.2, 0.25) is 0 Å². The van der Waals surface area contributed by atoms with E-state index in [4.69, 9.17) is 15.2 Å². The summed E-state index contributed by atoms with van der Waals surface area (Å²) in [5.41, 5.74) is 5.42. The topological polar surface area (TPSA) is 53.7 Å². The largest absolute Gasteiger partial charge is 0.573 e. The molecule has 0 bridgehead atoms. The predicted octanol–water partition coefficient (Wildman–Crippen LogP) is 1.94. The lowest BCUT2D eigenvalue weighted by molar-refractivity contribution is -0.275. The minimum Gasteiger partial charge on any atom is -0.483 e. The molecule has 0 radical (unpaired) electrons. The van der Waals surface area contributed by atoms with Gasteiger partial charge in [-0.05, 0) is 12.1 Å². The third-order valence-corrected chi connectivity index (χ3v) is 1.98. The second kappa shape index (κ2) is 6.46. The van der Waals surface area contributed by atoms with Crippen LogP contribution in [0.1, 0.15) is 0 Å². The highest BCUT2D eigenvalue weighted by atomic mass is 19.4. The Balaban J connectivity index is 2.81. The van der Waals surface area contributed by atoms with Gasteiger partial charge >= 0.3 is 6.36 Å². The van der Waals surface area contributed by atoms with E-state index in [-0.39, 0.29) is 18.9 Å². The summed E-state index contributed by atoms with van der Waals surface area (Å²) in [4.78, 5) is 0. The second-order valence-electron chi connectivity index (χ2n) is 3.43. The molecule has 2 N–H and O–H groups in total. The summed E-state index contributed by atoms with van der Waals surface area (Å²) in [5, 5.41) is 0. The summed E-state index contributed by atoms with van der Waals surface area (Å²) in [6, 6.07) is 5.50. The van der Waals surface area contributed by atoms with Gasteiger partial charge in [-0.25, -0.2) is 0 Å². The Labute approximate surface area is 102 Å². The molecule has 0 amide bonds. The zero-order valence-corrected chi connectivity index (χ0v) is 9.74. The molecule has 7 heteroatoms. The van der Waals surface area contributed by atoms with Crippen molar-refractivity contribution in [3.8, 4) is 11.5 Å². The average molecular weight is 265 g/mol. The predicted molar refractivity (Wildman–Crippen MR) is 58.5 cm³/mol. The van der Waals surface area contributed by atoms with Crippen molar-refractivity contribution in [2.24, 2.45) is 5.73 Å². The molecule has 0 saturated heterocycles. The lowest BCUT2D eigenvalue weighted by Crippen LogP contribution is -2.31. The highest BCUT2D eigenvalue weighted by Crippen LogP contribution is 2.32. The fourth-order valence-electron chi connectivity index (χ4n) is 1.27. The molecule has 1 atom stereocenters. The monoisotopic (exact) mass is 265 g/mol. The molecule has 0 fully saturated rings. The number of hydrogen-bond acceptors (Lipinski definition) is 4. The van der Waals surface area contributed by atoms with Crippen molar-refractivity contribution < 1.29 is 27.4 Å². The highest BCUT2D eigenvalue weighted by molar-refractivity contribution is 5.39. The van der Waals surface area contributed by atoms with Crippen LogP contribution in [-0.2, 0) is 4.74 Å². The zero-order chi connectivity index (χ0) is 13.6. The standard InChI is InChI=1S/C11H14F3NO3/c1-16-7-8(6-15)17-9-4-2-3-5-10(9)18-11(12,13)14/h2-5,8H,6-7,15H2,1H3. The lowest BCUT2D eigenvalue weighted by Gasteiger charge is -2.19. The molecule has 0 aliphatic carbocycles.